The molecule has 0 radical (unpaired) electrons. The van der Waals surface area contributed by atoms with E-state index < -0.39 is 0 Å². The van der Waals surface area contributed by atoms with Gasteiger partial charge in [-0.15, -0.1) is 0 Å². The number of ether oxygens (including phenoxy) is 1. The van der Waals surface area contributed by atoms with Crippen LogP contribution in [0.1, 0.15) is 18.1 Å². The zero-order valence-corrected chi connectivity index (χ0v) is 13.5. The fourth-order valence-corrected chi connectivity index (χ4v) is 2.62. The van der Waals surface area contributed by atoms with Gasteiger partial charge in [0.15, 0.2) is 0 Å². The number of nitrogens with one attached hydrogen (secondary N) is 1. The lowest BCUT2D eigenvalue weighted by Crippen LogP contribution is -2.17. The van der Waals surface area contributed by atoms with E-state index in [1.807, 2.05) is 37.3 Å². The molecule has 0 atom stereocenters. The van der Waals surface area contributed by atoms with Gasteiger partial charge in [-0.1, -0.05) is 47.5 Å². The van der Waals surface area contributed by atoms with Gasteiger partial charge < -0.3 is 10.1 Å². The molecule has 0 aliphatic carbocycles. The van der Waals surface area contributed by atoms with E-state index >= 15 is 0 Å². The second-order valence-electron chi connectivity index (χ2n) is 4.70. The fourth-order valence-electron chi connectivity index (χ4n) is 2.12. The second kappa shape index (κ2) is 8.28. The minimum Gasteiger partial charge on any atom is -0.494 e. The van der Waals surface area contributed by atoms with Crippen molar-refractivity contribution in [3.8, 4) is 5.75 Å². The maximum atomic E-state index is 6.16. The standard InChI is InChI=1S/C17H19Cl2NO/c1-2-21-17-6-4-3-5-14(17)12-20-10-9-13-7-8-15(18)11-16(13)19/h3-8,11,20H,2,9-10,12H2,1H3. The number of rotatable bonds is 7. The predicted molar refractivity (Wildman–Crippen MR) is 89.5 cm³/mol. The third-order valence-electron chi connectivity index (χ3n) is 3.17. The Morgan fingerprint density at radius 1 is 1.05 bits per heavy atom. The number of hydrogen-bond acceptors (Lipinski definition) is 2. The summed E-state index contributed by atoms with van der Waals surface area (Å²) >= 11 is 12.1. The van der Waals surface area contributed by atoms with Gasteiger partial charge in [0.1, 0.15) is 5.75 Å². The number of benzene rings is 2. The van der Waals surface area contributed by atoms with E-state index in [2.05, 4.69) is 11.4 Å². The minimum absolute atomic E-state index is 0.669. The van der Waals surface area contributed by atoms with Gasteiger partial charge in [0.25, 0.3) is 0 Å². The first-order valence-electron chi connectivity index (χ1n) is 7.06. The van der Waals surface area contributed by atoms with Gasteiger partial charge in [0.2, 0.25) is 0 Å². The van der Waals surface area contributed by atoms with Gasteiger partial charge >= 0.3 is 0 Å². The molecule has 112 valence electrons. The molecule has 2 aromatic carbocycles. The summed E-state index contributed by atoms with van der Waals surface area (Å²) in [5.74, 6) is 0.942. The smallest absolute Gasteiger partial charge is 0.123 e. The molecule has 0 aliphatic heterocycles. The maximum Gasteiger partial charge on any atom is 0.123 e. The Balaban J connectivity index is 1.84. The highest BCUT2D eigenvalue weighted by molar-refractivity contribution is 6.35. The molecule has 0 unspecified atom stereocenters. The number of para-hydroxylation sites is 1. The fraction of sp³-hybridized carbons (Fsp3) is 0.294. The van der Waals surface area contributed by atoms with Crippen molar-refractivity contribution < 1.29 is 4.74 Å². The number of hydrogen-bond donors (Lipinski definition) is 1. The summed E-state index contributed by atoms with van der Waals surface area (Å²) in [7, 11) is 0. The predicted octanol–water partition coefficient (Wildman–Crippen LogP) is 4.72. The lowest BCUT2D eigenvalue weighted by atomic mass is 10.1. The van der Waals surface area contributed by atoms with Crippen LogP contribution in [0, 0.1) is 0 Å². The highest BCUT2D eigenvalue weighted by atomic mass is 35.5. The van der Waals surface area contributed by atoms with Crippen LogP contribution in [0.2, 0.25) is 10.0 Å². The summed E-state index contributed by atoms with van der Waals surface area (Å²) in [5.41, 5.74) is 2.27. The van der Waals surface area contributed by atoms with Crippen molar-refractivity contribution in [3.63, 3.8) is 0 Å². The van der Waals surface area contributed by atoms with Crippen LogP contribution in [0.3, 0.4) is 0 Å². The summed E-state index contributed by atoms with van der Waals surface area (Å²) in [4.78, 5) is 0. The molecular weight excluding hydrogens is 305 g/mol. The van der Waals surface area contributed by atoms with Crippen molar-refractivity contribution in [2.45, 2.75) is 19.9 Å². The van der Waals surface area contributed by atoms with Gasteiger partial charge in [0.05, 0.1) is 6.61 Å². The first kappa shape index (κ1) is 16.2. The van der Waals surface area contributed by atoms with Gasteiger partial charge in [0, 0.05) is 22.2 Å². The molecule has 2 aromatic rings. The zero-order valence-electron chi connectivity index (χ0n) is 12.0. The third-order valence-corrected chi connectivity index (χ3v) is 3.76. The molecule has 21 heavy (non-hydrogen) atoms. The normalized spacial score (nSPS) is 10.6. The van der Waals surface area contributed by atoms with Crippen molar-refractivity contribution in [1.29, 1.82) is 0 Å². The SMILES string of the molecule is CCOc1ccccc1CNCCc1ccc(Cl)cc1Cl. The van der Waals surface area contributed by atoms with E-state index in [-0.39, 0.29) is 0 Å². The van der Waals surface area contributed by atoms with E-state index in [9.17, 15) is 0 Å². The van der Waals surface area contributed by atoms with Crippen molar-refractivity contribution >= 4 is 23.2 Å². The molecular formula is C17H19Cl2NO. The van der Waals surface area contributed by atoms with Crippen molar-refractivity contribution in [2.24, 2.45) is 0 Å². The van der Waals surface area contributed by atoms with Crippen LogP contribution in [-0.4, -0.2) is 13.2 Å². The Kier molecular flexibility index (Phi) is 6.37. The molecule has 0 saturated heterocycles. The molecule has 4 heteroatoms. The molecule has 0 aromatic heterocycles. The highest BCUT2D eigenvalue weighted by Crippen LogP contribution is 2.21. The summed E-state index contributed by atoms with van der Waals surface area (Å²) in [6.45, 7) is 4.30. The molecule has 0 fully saturated rings. The Morgan fingerprint density at radius 2 is 1.86 bits per heavy atom. The summed E-state index contributed by atoms with van der Waals surface area (Å²) < 4.78 is 5.61. The average Bonchev–Trinajstić information content (AvgIpc) is 2.47. The first-order valence-corrected chi connectivity index (χ1v) is 7.81. The first-order chi connectivity index (χ1) is 10.2. The Morgan fingerprint density at radius 3 is 2.62 bits per heavy atom. The summed E-state index contributed by atoms with van der Waals surface area (Å²) in [6, 6.07) is 13.7. The molecule has 2 rings (SSSR count). The molecule has 0 bridgehead atoms. The Bertz CT molecular complexity index is 587. The highest BCUT2D eigenvalue weighted by Gasteiger charge is 2.03. The van der Waals surface area contributed by atoms with Crippen molar-refractivity contribution in [2.75, 3.05) is 13.2 Å². The molecule has 1 N–H and O–H groups in total. The van der Waals surface area contributed by atoms with E-state index in [4.69, 9.17) is 27.9 Å². The second-order valence-corrected chi connectivity index (χ2v) is 5.55. The molecule has 0 spiro atoms. The summed E-state index contributed by atoms with van der Waals surface area (Å²) in [6.07, 6.45) is 0.868. The third kappa shape index (κ3) is 4.92. The quantitative estimate of drug-likeness (QED) is 0.744. The Labute approximate surface area is 136 Å². The van der Waals surface area contributed by atoms with E-state index in [0.717, 1.165) is 35.8 Å². The van der Waals surface area contributed by atoms with Crippen LogP contribution >= 0.6 is 23.2 Å². The zero-order chi connectivity index (χ0) is 15.1. The van der Waals surface area contributed by atoms with E-state index in [0.29, 0.717) is 11.6 Å². The van der Waals surface area contributed by atoms with Crippen LogP contribution in [-0.2, 0) is 13.0 Å². The molecule has 0 saturated carbocycles. The van der Waals surface area contributed by atoms with E-state index in [1.54, 1.807) is 6.07 Å². The van der Waals surface area contributed by atoms with Crippen LogP contribution in [0.15, 0.2) is 42.5 Å². The Hall–Kier alpha value is -1.22. The molecule has 0 heterocycles. The molecule has 0 amide bonds. The molecule has 0 aliphatic rings. The van der Waals surface area contributed by atoms with Gasteiger partial charge in [-0.2, -0.15) is 0 Å². The monoisotopic (exact) mass is 323 g/mol. The largest absolute Gasteiger partial charge is 0.494 e. The average molecular weight is 324 g/mol. The van der Waals surface area contributed by atoms with Gasteiger partial charge in [-0.05, 0) is 43.7 Å². The van der Waals surface area contributed by atoms with Crippen LogP contribution < -0.4 is 10.1 Å². The van der Waals surface area contributed by atoms with Gasteiger partial charge in [-0.3, -0.25) is 0 Å². The van der Waals surface area contributed by atoms with Crippen LogP contribution in [0.25, 0.3) is 0 Å². The van der Waals surface area contributed by atoms with E-state index in [1.165, 1.54) is 5.56 Å². The number of halogens is 2. The topological polar surface area (TPSA) is 21.3 Å². The lowest BCUT2D eigenvalue weighted by molar-refractivity contribution is 0.335. The van der Waals surface area contributed by atoms with Crippen molar-refractivity contribution in [1.82, 2.24) is 5.32 Å². The van der Waals surface area contributed by atoms with Gasteiger partial charge in [-0.25, -0.2) is 0 Å². The lowest BCUT2D eigenvalue weighted by Gasteiger charge is -2.11. The summed E-state index contributed by atoms with van der Waals surface area (Å²) in [5, 5.41) is 4.81. The molecule has 2 nitrogen and oxygen atoms in total. The van der Waals surface area contributed by atoms with Crippen molar-refractivity contribution in [3.05, 3.63) is 63.6 Å². The minimum atomic E-state index is 0.669. The maximum absolute atomic E-state index is 6.16. The van der Waals surface area contributed by atoms with Crippen LogP contribution in [0.4, 0.5) is 0 Å². The van der Waals surface area contributed by atoms with Crippen LogP contribution in [0.5, 0.6) is 5.75 Å².